The van der Waals surface area contributed by atoms with Crippen molar-refractivity contribution in [1.82, 2.24) is 19.5 Å². The zero-order valence-electron chi connectivity index (χ0n) is 7.11. The van der Waals surface area contributed by atoms with Crippen LogP contribution in [0, 0.1) is 12.3 Å². The molecule has 70 valence electrons. The first kappa shape index (κ1) is 8.78. The van der Waals surface area contributed by atoms with Gasteiger partial charge in [0.25, 0.3) is 0 Å². The SMILES string of the molecule is C#CCn1cnc2nc(N)nc(Cl)c21. The van der Waals surface area contributed by atoms with Crippen LogP contribution >= 0.6 is 11.6 Å². The average Bonchev–Trinajstić information content (AvgIpc) is 2.49. The minimum absolute atomic E-state index is 0.105. The fourth-order valence-corrected chi connectivity index (χ4v) is 1.45. The summed E-state index contributed by atoms with van der Waals surface area (Å²) in [5.41, 5.74) is 6.48. The van der Waals surface area contributed by atoms with Crippen molar-refractivity contribution in [3.63, 3.8) is 0 Å². The van der Waals surface area contributed by atoms with Crippen LogP contribution in [0.15, 0.2) is 6.33 Å². The number of nitrogens with two attached hydrogens (primary N) is 1. The van der Waals surface area contributed by atoms with Crippen LogP contribution in [0.3, 0.4) is 0 Å². The minimum Gasteiger partial charge on any atom is -0.368 e. The molecule has 2 rings (SSSR count). The van der Waals surface area contributed by atoms with Gasteiger partial charge in [0.2, 0.25) is 5.95 Å². The maximum Gasteiger partial charge on any atom is 0.223 e. The van der Waals surface area contributed by atoms with Crippen molar-refractivity contribution in [2.45, 2.75) is 6.54 Å². The molecule has 0 atom stereocenters. The lowest BCUT2D eigenvalue weighted by Gasteiger charge is -1.99. The van der Waals surface area contributed by atoms with E-state index in [0.29, 0.717) is 17.7 Å². The van der Waals surface area contributed by atoms with Gasteiger partial charge in [0.15, 0.2) is 10.8 Å². The number of terminal acetylenes is 1. The van der Waals surface area contributed by atoms with Crippen LogP contribution in [0.5, 0.6) is 0 Å². The van der Waals surface area contributed by atoms with Crippen molar-refractivity contribution in [2.75, 3.05) is 5.73 Å². The Balaban J connectivity index is 2.74. The molecule has 0 unspecified atom stereocenters. The lowest BCUT2D eigenvalue weighted by Crippen LogP contribution is -1.98. The second-order valence-electron chi connectivity index (χ2n) is 2.62. The fraction of sp³-hybridized carbons (Fsp3) is 0.125. The van der Waals surface area contributed by atoms with E-state index in [0.717, 1.165) is 0 Å². The summed E-state index contributed by atoms with van der Waals surface area (Å²) in [6.07, 6.45) is 6.74. The summed E-state index contributed by atoms with van der Waals surface area (Å²) in [7, 11) is 0. The van der Waals surface area contributed by atoms with Crippen molar-refractivity contribution in [3.05, 3.63) is 11.5 Å². The molecule has 2 N–H and O–H groups in total. The number of nitrogens with zero attached hydrogens (tertiary/aromatic N) is 4. The quantitative estimate of drug-likeness (QED) is 0.552. The number of hydrogen-bond acceptors (Lipinski definition) is 4. The highest BCUT2D eigenvalue weighted by molar-refractivity contribution is 6.33. The number of halogens is 1. The lowest BCUT2D eigenvalue weighted by atomic mass is 10.5. The molecule has 6 heteroatoms. The second kappa shape index (κ2) is 3.16. The molecule has 0 aliphatic heterocycles. The number of aromatic nitrogens is 4. The highest BCUT2D eigenvalue weighted by Crippen LogP contribution is 2.19. The molecule has 0 aromatic carbocycles. The maximum atomic E-state index is 5.88. The van der Waals surface area contributed by atoms with E-state index in [-0.39, 0.29) is 11.1 Å². The van der Waals surface area contributed by atoms with Gasteiger partial charge in [0.05, 0.1) is 12.9 Å². The van der Waals surface area contributed by atoms with Crippen molar-refractivity contribution in [3.8, 4) is 12.3 Å². The highest BCUT2D eigenvalue weighted by atomic mass is 35.5. The average molecular weight is 208 g/mol. The standard InChI is InChI=1S/C8H6ClN5/c1-2-3-14-4-11-7-5(14)6(9)12-8(10)13-7/h1,4H,3H2,(H2,10,12,13). The van der Waals surface area contributed by atoms with E-state index in [9.17, 15) is 0 Å². The molecule has 0 fully saturated rings. The molecule has 0 spiro atoms. The van der Waals surface area contributed by atoms with Crippen molar-refractivity contribution < 1.29 is 0 Å². The lowest BCUT2D eigenvalue weighted by molar-refractivity contribution is 0.869. The van der Waals surface area contributed by atoms with Gasteiger partial charge in [0, 0.05) is 0 Å². The number of anilines is 1. The summed E-state index contributed by atoms with van der Waals surface area (Å²) in [5.74, 6) is 2.59. The van der Waals surface area contributed by atoms with Gasteiger partial charge in [-0.1, -0.05) is 17.5 Å². The van der Waals surface area contributed by atoms with Crippen LogP contribution in [0.1, 0.15) is 0 Å². The largest absolute Gasteiger partial charge is 0.368 e. The van der Waals surface area contributed by atoms with E-state index in [2.05, 4.69) is 20.9 Å². The normalized spacial score (nSPS) is 10.3. The smallest absolute Gasteiger partial charge is 0.223 e. The first-order chi connectivity index (χ1) is 6.72. The molecular formula is C8H6ClN5. The van der Waals surface area contributed by atoms with Crippen LogP contribution in [0.2, 0.25) is 5.15 Å². The number of hydrogen-bond donors (Lipinski definition) is 1. The Morgan fingerprint density at radius 2 is 2.36 bits per heavy atom. The number of rotatable bonds is 1. The molecule has 2 heterocycles. The van der Waals surface area contributed by atoms with E-state index < -0.39 is 0 Å². The third-order valence-electron chi connectivity index (χ3n) is 1.71. The predicted molar refractivity (Wildman–Crippen MR) is 53.6 cm³/mol. The third kappa shape index (κ3) is 1.26. The van der Waals surface area contributed by atoms with E-state index in [1.807, 2.05) is 0 Å². The molecule has 2 aromatic rings. The predicted octanol–water partition coefficient (Wildman–Crippen LogP) is 0.695. The van der Waals surface area contributed by atoms with Crippen LogP contribution in [-0.2, 0) is 6.54 Å². The van der Waals surface area contributed by atoms with Gasteiger partial charge < -0.3 is 10.3 Å². The summed E-state index contributed by atoms with van der Waals surface area (Å²) in [6.45, 7) is 0.378. The fourth-order valence-electron chi connectivity index (χ4n) is 1.17. The molecule has 0 bridgehead atoms. The van der Waals surface area contributed by atoms with Crippen LogP contribution in [0.25, 0.3) is 11.2 Å². The van der Waals surface area contributed by atoms with Crippen molar-refractivity contribution in [1.29, 1.82) is 0 Å². The summed E-state index contributed by atoms with van der Waals surface area (Å²) >= 11 is 5.88. The summed E-state index contributed by atoms with van der Waals surface area (Å²) in [6, 6.07) is 0. The van der Waals surface area contributed by atoms with Gasteiger partial charge in [-0.05, 0) is 0 Å². The van der Waals surface area contributed by atoms with Crippen molar-refractivity contribution >= 4 is 28.7 Å². The Bertz CT molecular complexity index is 524. The van der Waals surface area contributed by atoms with Gasteiger partial charge in [-0.2, -0.15) is 9.97 Å². The Morgan fingerprint density at radius 1 is 1.57 bits per heavy atom. The zero-order chi connectivity index (χ0) is 10.1. The Hall–Kier alpha value is -1.80. The monoisotopic (exact) mass is 207 g/mol. The second-order valence-corrected chi connectivity index (χ2v) is 2.98. The summed E-state index contributed by atoms with van der Waals surface area (Å²) in [5, 5.41) is 0.264. The Morgan fingerprint density at radius 3 is 3.07 bits per heavy atom. The number of nitrogen functional groups attached to an aromatic ring is 1. The molecule has 0 saturated heterocycles. The number of imidazole rings is 1. The van der Waals surface area contributed by atoms with E-state index in [1.54, 1.807) is 10.9 Å². The molecule has 0 aliphatic carbocycles. The highest BCUT2D eigenvalue weighted by Gasteiger charge is 2.09. The van der Waals surface area contributed by atoms with Crippen LogP contribution < -0.4 is 5.73 Å². The van der Waals surface area contributed by atoms with Crippen molar-refractivity contribution in [2.24, 2.45) is 0 Å². The van der Waals surface area contributed by atoms with Gasteiger partial charge in [-0.25, -0.2) is 4.98 Å². The Labute approximate surface area is 84.9 Å². The van der Waals surface area contributed by atoms with Gasteiger partial charge in [-0.15, -0.1) is 6.42 Å². The Kier molecular flexibility index (Phi) is 1.98. The topological polar surface area (TPSA) is 69.6 Å². The molecule has 0 saturated carbocycles. The molecule has 2 aromatic heterocycles. The molecule has 0 amide bonds. The van der Waals surface area contributed by atoms with E-state index in [4.69, 9.17) is 23.8 Å². The first-order valence-electron chi connectivity index (χ1n) is 3.79. The third-order valence-corrected chi connectivity index (χ3v) is 1.97. The van der Waals surface area contributed by atoms with Gasteiger partial charge in [-0.3, -0.25) is 0 Å². The number of fused-ring (bicyclic) bond motifs is 1. The first-order valence-corrected chi connectivity index (χ1v) is 4.17. The van der Waals surface area contributed by atoms with E-state index >= 15 is 0 Å². The minimum atomic E-state index is 0.105. The molecule has 5 nitrogen and oxygen atoms in total. The molecule has 0 radical (unpaired) electrons. The maximum absolute atomic E-state index is 5.88. The van der Waals surface area contributed by atoms with Gasteiger partial charge >= 0.3 is 0 Å². The van der Waals surface area contributed by atoms with Crippen LogP contribution in [0.4, 0.5) is 5.95 Å². The summed E-state index contributed by atoms with van der Waals surface area (Å²) in [4.78, 5) is 11.8. The van der Waals surface area contributed by atoms with E-state index in [1.165, 1.54) is 0 Å². The molecule has 0 aliphatic rings. The van der Waals surface area contributed by atoms with Gasteiger partial charge in [0.1, 0.15) is 5.52 Å². The summed E-state index contributed by atoms with van der Waals surface area (Å²) < 4.78 is 1.69. The molecule has 14 heavy (non-hydrogen) atoms. The molecular weight excluding hydrogens is 202 g/mol. The van der Waals surface area contributed by atoms with Crippen LogP contribution in [-0.4, -0.2) is 19.5 Å². The zero-order valence-corrected chi connectivity index (χ0v) is 7.86.